The maximum atomic E-state index is 12.9. The second kappa shape index (κ2) is 4.44. The Hall–Kier alpha value is -1.69. The van der Waals surface area contributed by atoms with E-state index in [1.165, 1.54) is 30.6 Å². The number of nitrogens with zero attached hydrogens (tertiary/aromatic N) is 1. The molecule has 16 heavy (non-hydrogen) atoms. The minimum Gasteiger partial charge on any atom is -0.468 e. The number of thiazole rings is 1. The van der Waals surface area contributed by atoms with Crippen LogP contribution >= 0.6 is 11.3 Å². The highest BCUT2D eigenvalue weighted by Crippen LogP contribution is 2.25. The third-order valence-corrected chi connectivity index (χ3v) is 2.96. The van der Waals surface area contributed by atoms with Gasteiger partial charge in [0.1, 0.15) is 12.4 Å². The Kier molecular flexibility index (Phi) is 3.00. The molecule has 1 aromatic carbocycles. The van der Waals surface area contributed by atoms with Crippen LogP contribution in [-0.2, 0) is 9.53 Å². The Labute approximate surface area is 95.1 Å². The van der Waals surface area contributed by atoms with Crippen LogP contribution in [0.1, 0.15) is 0 Å². The summed E-state index contributed by atoms with van der Waals surface area (Å²) in [6.07, 6.45) is 0. The summed E-state index contributed by atoms with van der Waals surface area (Å²) < 4.78 is 18.2. The number of nitrogens with one attached hydrogen (secondary N) is 1. The second-order valence-electron chi connectivity index (χ2n) is 3.06. The summed E-state index contributed by atoms with van der Waals surface area (Å²) in [7, 11) is 1.32. The molecule has 1 aromatic heterocycles. The number of methoxy groups -OCH3 is 1. The molecule has 4 nitrogen and oxygen atoms in total. The summed E-state index contributed by atoms with van der Waals surface area (Å²) in [6.45, 7) is 0.0544. The highest BCUT2D eigenvalue weighted by atomic mass is 32.1. The number of aromatic nitrogens is 1. The number of ether oxygens (including phenoxy) is 1. The average Bonchev–Trinajstić information content (AvgIpc) is 2.67. The molecule has 0 bridgehead atoms. The molecule has 0 saturated carbocycles. The Morgan fingerprint density at radius 2 is 2.44 bits per heavy atom. The van der Waals surface area contributed by atoms with Crippen LogP contribution in [0.3, 0.4) is 0 Å². The van der Waals surface area contributed by atoms with Gasteiger partial charge in [0, 0.05) is 6.07 Å². The lowest BCUT2D eigenvalue weighted by atomic mass is 10.3. The fraction of sp³-hybridized carbons (Fsp3) is 0.200. The normalized spacial score (nSPS) is 10.4. The number of carbonyl (C=O) groups excluding carboxylic acids is 1. The largest absolute Gasteiger partial charge is 0.468 e. The standard InChI is InChI=1S/C10H9FN2O2S/c1-15-9(14)5-12-10-13-7-4-6(11)2-3-8(7)16-10/h2-4H,5H2,1H3,(H,12,13). The van der Waals surface area contributed by atoms with Crippen molar-refractivity contribution in [2.45, 2.75) is 0 Å². The van der Waals surface area contributed by atoms with Crippen LogP contribution in [0.15, 0.2) is 18.2 Å². The van der Waals surface area contributed by atoms with Crippen molar-refractivity contribution >= 4 is 32.7 Å². The van der Waals surface area contributed by atoms with Crippen molar-refractivity contribution in [2.24, 2.45) is 0 Å². The summed E-state index contributed by atoms with van der Waals surface area (Å²) in [5, 5.41) is 3.39. The van der Waals surface area contributed by atoms with Gasteiger partial charge in [-0.3, -0.25) is 4.79 Å². The molecule has 2 aromatic rings. The SMILES string of the molecule is COC(=O)CNc1nc2cc(F)ccc2s1. The Morgan fingerprint density at radius 1 is 1.62 bits per heavy atom. The summed E-state index contributed by atoms with van der Waals surface area (Å²) in [4.78, 5) is 15.0. The second-order valence-corrected chi connectivity index (χ2v) is 4.09. The maximum absolute atomic E-state index is 12.9. The van der Waals surface area contributed by atoms with Crippen molar-refractivity contribution in [1.82, 2.24) is 4.98 Å². The van der Waals surface area contributed by atoms with E-state index in [1.54, 1.807) is 6.07 Å². The summed E-state index contributed by atoms with van der Waals surface area (Å²) in [5.74, 6) is -0.692. The van der Waals surface area contributed by atoms with Gasteiger partial charge in [-0.25, -0.2) is 9.37 Å². The fourth-order valence-electron chi connectivity index (χ4n) is 1.20. The first-order valence-electron chi connectivity index (χ1n) is 4.56. The molecule has 0 unspecified atom stereocenters. The molecule has 0 saturated heterocycles. The predicted molar refractivity (Wildman–Crippen MR) is 60.1 cm³/mol. The van der Waals surface area contributed by atoms with Gasteiger partial charge in [-0.05, 0) is 12.1 Å². The minimum absolute atomic E-state index is 0.0544. The first kappa shape index (κ1) is 10.8. The van der Waals surface area contributed by atoms with Gasteiger partial charge in [0.05, 0.1) is 17.3 Å². The molecular formula is C10H9FN2O2S. The molecular weight excluding hydrogens is 231 g/mol. The van der Waals surface area contributed by atoms with E-state index in [2.05, 4.69) is 15.0 Å². The van der Waals surface area contributed by atoms with Crippen LogP contribution in [0.25, 0.3) is 10.2 Å². The molecule has 0 radical (unpaired) electrons. The van der Waals surface area contributed by atoms with Gasteiger partial charge in [-0.15, -0.1) is 0 Å². The third kappa shape index (κ3) is 2.27. The van der Waals surface area contributed by atoms with Crippen LogP contribution < -0.4 is 5.32 Å². The smallest absolute Gasteiger partial charge is 0.325 e. The van der Waals surface area contributed by atoms with Gasteiger partial charge in [0.15, 0.2) is 5.13 Å². The number of esters is 1. The highest BCUT2D eigenvalue weighted by molar-refractivity contribution is 7.22. The average molecular weight is 240 g/mol. The minimum atomic E-state index is -0.370. The van der Waals surface area contributed by atoms with Crippen molar-refractivity contribution in [3.8, 4) is 0 Å². The van der Waals surface area contributed by atoms with Gasteiger partial charge in [0.2, 0.25) is 0 Å². The Balaban J connectivity index is 2.16. The van der Waals surface area contributed by atoms with E-state index in [9.17, 15) is 9.18 Å². The molecule has 0 aliphatic rings. The number of hydrogen-bond acceptors (Lipinski definition) is 5. The van der Waals surface area contributed by atoms with Crippen LogP contribution in [0.4, 0.5) is 9.52 Å². The molecule has 0 atom stereocenters. The van der Waals surface area contributed by atoms with Crippen molar-refractivity contribution in [2.75, 3.05) is 19.0 Å². The highest BCUT2D eigenvalue weighted by Gasteiger charge is 2.06. The molecule has 0 aliphatic heterocycles. The number of carbonyl (C=O) groups is 1. The van der Waals surface area contributed by atoms with E-state index in [-0.39, 0.29) is 18.3 Å². The van der Waals surface area contributed by atoms with Crippen molar-refractivity contribution < 1.29 is 13.9 Å². The number of rotatable bonds is 3. The number of fused-ring (bicyclic) bond motifs is 1. The fourth-order valence-corrected chi connectivity index (χ4v) is 2.04. The zero-order valence-corrected chi connectivity index (χ0v) is 9.31. The summed E-state index contributed by atoms with van der Waals surface area (Å²) >= 11 is 1.36. The van der Waals surface area contributed by atoms with Crippen molar-refractivity contribution in [3.63, 3.8) is 0 Å². The molecule has 1 N–H and O–H groups in total. The molecule has 0 fully saturated rings. The molecule has 0 amide bonds. The van der Waals surface area contributed by atoms with Gasteiger partial charge >= 0.3 is 5.97 Å². The molecule has 84 valence electrons. The van der Waals surface area contributed by atoms with E-state index >= 15 is 0 Å². The molecule has 6 heteroatoms. The number of hydrogen-bond donors (Lipinski definition) is 1. The first-order chi connectivity index (χ1) is 7.69. The molecule has 0 aliphatic carbocycles. The lowest BCUT2D eigenvalue weighted by molar-refractivity contribution is -0.138. The van der Waals surface area contributed by atoms with Crippen molar-refractivity contribution in [1.29, 1.82) is 0 Å². The van der Waals surface area contributed by atoms with Gasteiger partial charge in [-0.1, -0.05) is 11.3 Å². The van der Waals surface area contributed by atoms with Crippen LogP contribution in [0, 0.1) is 5.82 Å². The third-order valence-electron chi connectivity index (χ3n) is 1.96. The lowest BCUT2D eigenvalue weighted by Gasteiger charge is -1.98. The Bertz CT molecular complexity index is 527. The van der Waals surface area contributed by atoms with Crippen molar-refractivity contribution in [3.05, 3.63) is 24.0 Å². The molecule has 2 rings (SSSR count). The zero-order valence-electron chi connectivity index (χ0n) is 8.49. The summed E-state index contributed by atoms with van der Waals surface area (Å²) in [5.41, 5.74) is 0.581. The van der Waals surface area contributed by atoms with Crippen LogP contribution in [-0.4, -0.2) is 24.6 Å². The van der Waals surface area contributed by atoms with Gasteiger partial charge in [-0.2, -0.15) is 0 Å². The summed E-state index contributed by atoms with van der Waals surface area (Å²) in [6, 6.07) is 4.39. The van der Waals surface area contributed by atoms with E-state index in [0.717, 1.165) is 4.70 Å². The van der Waals surface area contributed by atoms with Crippen LogP contribution in [0.2, 0.25) is 0 Å². The Morgan fingerprint density at radius 3 is 3.19 bits per heavy atom. The van der Waals surface area contributed by atoms with Crippen LogP contribution in [0.5, 0.6) is 0 Å². The van der Waals surface area contributed by atoms with E-state index in [4.69, 9.17) is 0 Å². The van der Waals surface area contributed by atoms with Gasteiger partial charge in [0.25, 0.3) is 0 Å². The zero-order chi connectivity index (χ0) is 11.5. The van der Waals surface area contributed by atoms with Gasteiger partial charge < -0.3 is 10.1 Å². The lowest BCUT2D eigenvalue weighted by Crippen LogP contribution is -2.14. The molecule has 0 spiro atoms. The monoisotopic (exact) mass is 240 g/mol. The number of anilines is 1. The topological polar surface area (TPSA) is 51.2 Å². The number of halogens is 1. The van der Waals surface area contributed by atoms with E-state index < -0.39 is 0 Å². The number of benzene rings is 1. The van der Waals surface area contributed by atoms with E-state index in [0.29, 0.717) is 10.6 Å². The molecule has 1 heterocycles. The quantitative estimate of drug-likeness (QED) is 0.834. The van der Waals surface area contributed by atoms with E-state index in [1.807, 2.05) is 0 Å². The predicted octanol–water partition coefficient (Wildman–Crippen LogP) is 2.02. The maximum Gasteiger partial charge on any atom is 0.325 e. The first-order valence-corrected chi connectivity index (χ1v) is 5.37.